The van der Waals surface area contributed by atoms with Gasteiger partial charge in [-0.1, -0.05) is 74.0 Å². The van der Waals surface area contributed by atoms with Crippen LogP contribution in [0, 0.1) is 0 Å². The molecule has 1 aliphatic rings. The Hall–Kier alpha value is -4.71. The minimum atomic E-state index is -0.935. The maximum absolute atomic E-state index is 13.1. The number of carboxylic acids is 1. The minimum Gasteiger partial charge on any atom is -0.478 e. The van der Waals surface area contributed by atoms with E-state index in [1.807, 2.05) is 77.7 Å². The van der Waals surface area contributed by atoms with E-state index in [9.17, 15) is 14.7 Å². The van der Waals surface area contributed by atoms with Crippen LogP contribution < -0.4 is 4.90 Å². The predicted molar refractivity (Wildman–Crippen MR) is 153 cm³/mol. The summed E-state index contributed by atoms with van der Waals surface area (Å²) in [6.07, 6.45) is 2.99. The van der Waals surface area contributed by atoms with Gasteiger partial charge in [-0.3, -0.25) is 4.79 Å². The summed E-state index contributed by atoms with van der Waals surface area (Å²) in [5, 5.41) is 9.59. The van der Waals surface area contributed by atoms with Crippen molar-refractivity contribution in [1.29, 1.82) is 0 Å². The quantitative estimate of drug-likeness (QED) is 0.243. The van der Waals surface area contributed by atoms with E-state index in [1.54, 1.807) is 12.1 Å². The monoisotopic (exact) mass is 515 g/mol. The van der Waals surface area contributed by atoms with Crippen LogP contribution in [0.15, 0.2) is 91.0 Å². The molecule has 5 aromatic rings. The van der Waals surface area contributed by atoms with E-state index in [0.29, 0.717) is 24.2 Å². The number of rotatable bonds is 8. The van der Waals surface area contributed by atoms with E-state index in [-0.39, 0.29) is 5.91 Å². The van der Waals surface area contributed by atoms with Crippen LogP contribution in [0.2, 0.25) is 0 Å². The number of carbonyl (C=O) groups excluding carboxylic acids is 1. The number of carboxylic acid groups (broad SMARTS) is 1. The lowest BCUT2D eigenvalue weighted by Gasteiger charge is -2.17. The Morgan fingerprint density at radius 3 is 2.41 bits per heavy atom. The molecule has 0 unspecified atom stereocenters. The van der Waals surface area contributed by atoms with Crippen molar-refractivity contribution in [3.05, 3.63) is 119 Å². The molecule has 2 heterocycles. The first kappa shape index (κ1) is 24.6. The van der Waals surface area contributed by atoms with Crippen molar-refractivity contribution < 1.29 is 14.7 Å². The fourth-order valence-corrected chi connectivity index (χ4v) is 5.39. The number of hydrogen-bond donors (Lipinski definition) is 1. The zero-order valence-corrected chi connectivity index (χ0v) is 21.8. The summed E-state index contributed by atoms with van der Waals surface area (Å²) >= 11 is 0. The number of aryl methyl sites for hydroxylation is 1. The number of nitrogens with zero attached hydrogens (tertiary/aromatic N) is 3. The third kappa shape index (κ3) is 4.59. The Morgan fingerprint density at radius 2 is 1.67 bits per heavy atom. The van der Waals surface area contributed by atoms with Gasteiger partial charge in [0.2, 0.25) is 0 Å². The average molecular weight is 516 g/mol. The Labute approximate surface area is 227 Å². The second-order valence-corrected chi connectivity index (χ2v) is 9.99. The van der Waals surface area contributed by atoms with Gasteiger partial charge in [0.05, 0.1) is 23.1 Å². The van der Waals surface area contributed by atoms with E-state index in [2.05, 4.69) is 17.6 Å². The zero-order valence-electron chi connectivity index (χ0n) is 21.8. The topological polar surface area (TPSA) is 75.4 Å². The van der Waals surface area contributed by atoms with Gasteiger partial charge in [-0.15, -0.1) is 0 Å². The number of anilines is 1. The van der Waals surface area contributed by atoms with Crippen molar-refractivity contribution in [2.24, 2.45) is 0 Å². The highest BCUT2D eigenvalue weighted by Crippen LogP contribution is 2.32. The fraction of sp³-hybridized carbons (Fsp3) is 0.182. The number of imidazole rings is 1. The summed E-state index contributed by atoms with van der Waals surface area (Å²) in [6, 6.07) is 29.0. The summed E-state index contributed by atoms with van der Waals surface area (Å²) in [5.41, 5.74) is 7.55. The molecular weight excluding hydrogens is 486 g/mol. The van der Waals surface area contributed by atoms with Crippen molar-refractivity contribution in [2.45, 2.75) is 39.3 Å². The van der Waals surface area contributed by atoms with E-state index < -0.39 is 5.97 Å². The lowest BCUT2D eigenvalue weighted by atomic mass is 9.99. The van der Waals surface area contributed by atoms with Crippen molar-refractivity contribution in [2.75, 3.05) is 4.90 Å². The molecule has 0 fully saturated rings. The first-order valence-electron chi connectivity index (χ1n) is 13.3. The highest BCUT2D eigenvalue weighted by atomic mass is 16.4. The molecule has 1 N–H and O–H groups in total. The molecule has 0 atom stereocenters. The van der Waals surface area contributed by atoms with Gasteiger partial charge < -0.3 is 14.6 Å². The molecule has 1 aliphatic heterocycles. The number of carbonyl (C=O) groups is 2. The van der Waals surface area contributed by atoms with Crippen LogP contribution in [-0.2, 0) is 19.5 Å². The van der Waals surface area contributed by atoms with Crippen LogP contribution in [0.3, 0.4) is 0 Å². The Bertz CT molecular complexity index is 1700. The van der Waals surface area contributed by atoms with Gasteiger partial charge in [0.1, 0.15) is 5.82 Å². The Morgan fingerprint density at radius 1 is 0.923 bits per heavy atom. The average Bonchev–Trinajstić information content (AvgIpc) is 3.49. The minimum absolute atomic E-state index is 0.0273. The number of aromatic carboxylic acids is 1. The largest absolute Gasteiger partial charge is 0.478 e. The molecule has 0 radical (unpaired) electrons. The third-order valence-electron chi connectivity index (χ3n) is 7.46. The van der Waals surface area contributed by atoms with Crippen LogP contribution in [0.1, 0.15) is 57.4 Å². The maximum Gasteiger partial charge on any atom is 0.336 e. The standard InChI is InChI=1S/C33H29N3O3/c1-2-3-12-31-34-29-18-17-25(35-21-24-8-4-5-10-27(24)32(35)37)19-30(29)36(31)20-22-13-15-23(16-14-22)26-9-6-7-11-28(26)33(38)39/h4-11,13-19H,2-3,12,20-21H2,1H3,(H,38,39). The molecule has 194 valence electrons. The SMILES string of the molecule is CCCCc1nc2ccc(N3Cc4ccccc4C3=O)cc2n1Cc1ccc(-c2ccccc2C(=O)O)cc1. The molecule has 0 spiro atoms. The summed E-state index contributed by atoms with van der Waals surface area (Å²) in [5.74, 6) is 0.121. The smallest absolute Gasteiger partial charge is 0.336 e. The van der Waals surface area contributed by atoms with Crippen molar-refractivity contribution in [3.8, 4) is 11.1 Å². The van der Waals surface area contributed by atoms with Gasteiger partial charge in [-0.05, 0) is 59.0 Å². The van der Waals surface area contributed by atoms with Crippen LogP contribution >= 0.6 is 0 Å². The lowest BCUT2D eigenvalue weighted by molar-refractivity contribution is 0.0697. The number of unbranched alkanes of at least 4 members (excludes halogenated alkanes) is 1. The summed E-state index contributed by atoms with van der Waals surface area (Å²) in [7, 11) is 0. The molecule has 6 rings (SSSR count). The predicted octanol–water partition coefficient (Wildman–Crippen LogP) is 6.95. The normalized spacial score (nSPS) is 12.7. The molecule has 4 aromatic carbocycles. The lowest BCUT2D eigenvalue weighted by Crippen LogP contribution is -2.22. The van der Waals surface area contributed by atoms with Crippen LogP contribution in [-0.4, -0.2) is 26.5 Å². The van der Waals surface area contributed by atoms with Gasteiger partial charge in [-0.25, -0.2) is 9.78 Å². The summed E-state index contributed by atoms with van der Waals surface area (Å²) in [4.78, 5) is 31.6. The second-order valence-electron chi connectivity index (χ2n) is 9.99. The first-order chi connectivity index (χ1) is 19.0. The van der Waals surface area contributed by atoms with Crippen molar-refractivity contribution in [3.63, 3.8) is 0 Å². The second kappa shape index (κ2) is 10.2. The third-order valence-corrected chi connectivity index (χ3v) is 7.46. The summed E-state index contributed by atoms with van der Waals surface area (Å²) in [6.45, 7) is 3.38. The van der Waals surface area contributed by atoms with Gasteiger partial charge in [-0.2, -0.15) is 0 Å². The molecule has 1 amide bonds. The van der Waals surface area contributed by atoms with E-state index >= 15 is 0 Å². The fourth-order valence-electron chi connectivity index (χ4n) is 5.39. The maximum atomic E-state index is 13.1. The van der Waals surface area contributed by atoms with Crippen molar-refractivity contribution in [1.82, 2.24) is 9.55 Å². The van der Waals surface area contributed by atoms with Gasteiger partial charge in [0.25, 0.3) is 5.91 Å². The summed E-state index contributed by atoms with van der Waals surface area (Å²) < 4.78 is 2.25. The highest BCUT2D eigenvalue weighted by molar-refractivity contribution is 6.10. The van der Waals surface area contributed by atoms with Gasteiger partial charge in [0.15, 0.2) is 0 Å². The number of benzene rings is 4. The van der Waals surface area contributed by atoms with E-state index in [4.69, 9.17) is 4.98 Å². The number of hydrogen-bond acceptors (Lipinski definition) is 3. The molecular formula is C33H29N3O3. The Balaban J connectivity index is 1.35. The molecule has 0 bridgehead atoms. The molecule has 0 saturated heterocycles. The van der Waals surface area contributed by atoms with Gasteiger partial charge >= 0.3 is 5.97 Å². The Kier molecular flexibility index (Phi) is 6.45. The van der Waals surface area contributed by atoms with E-state index in [0.717, 1.165) is 64.1 Å². The molecule has 0 saturated carbocycles. The van der Waals surface area contributed by atoms with Crippen molar-refractivity contribution >= 4 is 28.6 Å². The molecule has 39 heavy (non-hydrogen) atoms. The first-order valence-corrected chi connectivity index (χ1v) is 13.3. The van der Waals surface area contributed by atoms with Crippen LogP contribution in [0.4, 0.5) is 5.69 Å². The number of aromatic nitrogens is 2. The highest BCUT2D eigenvalue weighted by Gasteiger charge is 2.28. The molecule has 1 aromatic heterocycles. The molecule has 6 nitrogen and oxygen atoms in total. The zero-order chi connectivity index (χ0) is 26.9. The van der Waals surface area contributed by atoms with Gasteiger partial charge in [0, 0.05) is 24.2 Å². The molecule has 6 heteroatoms. The number of amides is 1. The van der Waals surface area contributed by atoms with Crippen LogP contribution in [0.25, 0.3) is 22.2 Å². The van der Waals surface area contributed by atoms with Crippen LogP contribution in [0.5, 0.6) is 0 Å². The molecule has 0 aliphatic carbocycles. The van der Waals surface area contributed by atoms with E-state index in [1.165, 1.54) is 0 Å². The number of fused-ring (bicyclic) bond motifs is 2.